The number of hydrogen-bond donors (Lipinski definition) is 0. The Morgan fingerprint density at radius 2 is 1.96 bits per heavy atom. The van der Waals surface area contributed by atoms with Gasteiger partial charge < -0.3 is 14.4 Å². The number of ether oxygens (including phenoxy) is 2. The van der Waals surface area contributed by atoms with Crippen molar-refractivity contribution in [3.8, 4) is 16.9 Å². The lowest BCUT2D eigenvalue weighted by molar-refractivity contribution is -0.138. The maximum atomic E-state index is 13.1. The van der Waals surface area contributed by atoms with E-state index in [4.69, 9.17) is 9.47 Å². The van der Waals surface area contributed by atoms with Crippen LogP contribution in [0, 0.1) is 5.82 Å². The van der Waals surface area contributed by atoms with E-state index in [-0.39, 0.29) is 24.4 Å². The number of nitrogens with zero attached hydrogens (tertiary/aromatic N) is 1. The van der Waals surface area contributed by atoms with Crippen LogP contribution in [-0.4, -0.2) is 37.2 Å². The molecule has 0 spiro atoms. The minimum absolute atomic E-state index is 0.0330. The van der Waals surface area contributed by atoms with Crippen molar-refractivity contribution in [3.05, 3.63) is 53.8 Å². The minimum Gasteiger partial charge on any atom is -0.491 e. The van der Waals surface area contributed by atoms with Crippen LogP contribution in [0.5, 0.6) is 5.75 Å². The van der Waals surface area contributed by atoms with Crippen LogP contribution in [0.25, 0.3) is 11.1 Å². The topological polar surface area (TPSA) is 38.8 Å². The Morgan fingerprint density at radius 1 is 1.25 bits per heavy atom. The molecule has 4 nitrogen and oxygen atoms in total. The van der Waals surface area contributed by atoms with Crippen molar-refractivity contribution in [3.63, 3.8) is 0 Å². The van der Waals surface area contributed by atoms with E-state index in [2.05, 4.69) is 0 Å². The molecule has 0 fully saturated rings. The fraction of sp³-hybridized carbons (Fsp3) is 0.316. The summed E-state index contributed by atoms with van der Waals surface area (Å²) in [6.07, 6.45) is 0. The van der Waals surface area contributed by atoms with Crippen molar-refractivity contribution >= 4 is 5.91 Å². The molecule has 24 heavy (non-hydrogen) atoms. The van der Waals surface area contributed by atoms with Gasteiger partial charge in [-0.2, -0.15) is 0 Å². The Bertz CT molecular complexity index is 730. The fourth-order valence-corrected chi connectivity index (χ4v) is 2.85. The van der Waals surface area contributed by atoms with Crippen LogP contribution >= 0.6 is 0 Å². The van der Waals surface area contributed by atoms with Crippen molar-refractivity contribution in [1.29, 1.82) is 0 Å². The Kier molecular flexibility index (Phi) is 4.81. The van der Waals surface area contributed by atoms with Gasteiger partial charge >= 0.3 is 0 Å². The Labute approximate surface area is 140 Å². The first-order valence-electron chi connectivity index (χ1n) is 7.88. The summed E-state index contributed by atoms with van der Waals surface area (Å²) < 4.78 is 23.9. The molecule has 1 heterocycles. The second kappa shape index (κ2) is 7.01. The maximum absolute atomic E-state index is 13.1. The molecule has 1 atom stereocenters. The predicted molar refractivity (Wildman–Crippen MR) is 89.2 cm³/mol. The van der Waals surface area contributed by atoms with E-state index in [9.17, 15) is 9.18 Å². The van der Waals surface area contributed by atoms with Crippen LogP contribution < -0.4 is 4.74 Å². The summed E-state index contributed by atoms with van der Waals surface area (Å²) >= 11 is 0. The molecule has 1 aliphatic rings. The summed E-state index contributed by atoms with van der Waals surface area (Å²) in [7, 11) is 1.51. The highest BCUT2D eigenvalue weighted by Gasteiger charge is 2.25. The Hall–Kier alpha value is -2.40. The molecule has 0 aliphatic carbocycles. The molecule has 0 unspecified atom stereocenters. The van der Waals surface area contributed by atoms with Gasteiger partial charge in [0.25, 0.3) is 0 Å². The number of hydrogen-bond acceptors (Lipinski definition) is 3. The van der Waals surface area contributed by atoms with Gasteiger partial charge in [-0.1, -0.05) is 18.2 Å². The molecular weight excluding hydrogens is 309 g/mol. The van der Waals surface area contributed by atoms with Gasteiger partial charge in [0.05, 0.1) is 6.04 Å². The van der Waals surface area contributed by atoms with E-state index in [1.54, 1.807) is 17.0 Å². The van der Waals surface area contributed by atoms with E-state index >= 15 is 0 Å². The number of halogens is 1. The van der Waals surface area contributed by atoms with Gasteiger partial charge in [0.2, 0.25) is 5.91 Å². The summed E-state index contributed by atoms with van der Waals surface area (Å²) in [5, 5.41) is 0. The molecule has 5 heteroatoms. The molecule has 2 aromatic carbocycles. The van der Waals surface area contributed by atoms with Gasteiger partial charge in [-0.05, 0) is 42.3 Å². The molecule has 3 rings (SSSR count). The number of rotatable bonds is 3. The lowest BCUT2D eigenvalue weighted by Gasteiger charge is -2.26. The number of amides is 1. The van der Waals surface area contributed by atoms with E-state index in [0.29, 0.717) is 13.2 Å². The van der Waals surface area contributed by atoms with Gasteiger partial charge in [0, 0.05) is 19.2 Å². The van der Waals surface area contributed by atoms with Crippen LogP contribution in [0.1, 0.15) is 12.5 Å². The Balaban J connectivity index is 1.92. The third-order valence-electron chi connectivity index (χ3n) is 4.18. The van der Waals surface area contributed by atoms with Crippen molar-refractivity contribution in [1.82, 2.24) is 4.90 Å². The third kappa shape index (κ3) is 3.41. The van der Waals surface area contributed by atoms with E-state index in [1.165, 1.54) is 19.2 Å². The highest BCUT2D eigenvalue weighted by molar-refractivity contribution is 5.78. The zero-order valence-corrected chi connectivity index (χ0v) is 13.8. The highest BCUT2D eigenvalue weighted by Crippen LogP contribution is 2.30. The van der Waals surface area contributed by atoms with Crippen molar-refractivity contribution in [2.45, 2.75) is 19.5 Å². The quantitative estimate of drug-likeness (QED) is 0.868. The third-order valence-corrected chi connectivity index (χ3v) is 4.18. The highest BCUT2D eigenvalue weighted by atomic mass is 19.1. The number of carbonyl (C=O) groups is 1. The van der Waals surface area contributed by atoms with E-state index < -0.39 is 0 Å². The second-order valence-electron chi connectivity index (χ2n) is 5.94. The first-order valence-corrected chi connectivity index (χ1v) is 7.88. The zero-order chi connectivity index (χ0) is 17.1. The first kappa shape index (κ1) is 16.5. The lowest BCUT2D eigenvalue weighted by atomic mass is 10.0. The molecule has 0 N–H and O–H groups in total. The van der Waals surface area contributed by atoms with Gasteiger partial charge in [-0.25, -0.2) is 4.39 Å². The van der Waals surface area contributed by atoms with Crippen LogP contribution in [0.2, 0.25) is 0 Å². The standard InChI is InChI=1S/C19H20FNO3/c1-13-11-24-18-8-5-15(14-3-6-17(20)7-4-14)9-16(18)10-21(13)19(22)12-23-2/h3-9,13H,10-12H2,1-2H3/t13-/m0/s1. The van der Waals surface area contributed by atoms with Gasteiger partial charge in [0.15, 0.2) is 0 Å². The lowest BCUT2D eigenvalue weighted by Crippen LogP contribution is -2.41. The molecule has 126 valence electrons. The monoisotopic (exact) mass is 329 g/mol. The number of methoxy groups -OCH3 is 1. The first-order chi connectivity index (χ1) is 11.6. The van der Waals surface area contributed by atoms with Gasteiger partial charge in [0.1, 0.15) is 24.8 Å². The minimum atomic E-state index is -0.262. The normalized spacial score (nSPS) is 17.0. The summed E-state index contributed by atoms with van der Waals surface area (Å²) in [5.41, 5.74) is 2.82. The molecular formula is C19H20FNO3. The second-order valence-corrected chi connectivity index (χ2v) is 5.94. The van der Waals surface area contributed by atoms with Crippen LogP contribution in [0.15, 0.2) is 42.5 Å². The molecule has 0 bridgehead atoms. The smallest absolute Gasteiger partial charge is 0.249 e. The summed E-state index contributed by atoms with van der Waals surface area (Å²) in [6.45, 7) is 2.92. The molecule has 0 saturated carbocycles. The number of benzene rings is 2. The van der Waals surface area contributed by atoms with Gasteiger partial charge in [-0.15, -0.1) is 0 Å². The predicted octanol–water partition coefficient (Wildman–Crippen LogP) is 3.25. The van der Waals surface area contributed by atoms with Crippen molar-refractivity contribution in [2.75, 3.05) is 20.3 Å². The molecule has 1 amide bonds. The SMILES string of the molecule is COCC(=O)N1Cc2cc(-c3ccc(F)cc3)ccc2OC[C@@H]1C. The molecule has 0 radical (unpaired) electrons. The van der Waals surface area contributed by atoms with Crippen molar-refractivity contribution in [2.24, 2.45) is 0 Å². The summed E-state index contributed by atoms with van der Waals surface area (Å²) in [4.78, 5) is 14.0. The zero-order valence-electron chi connectivity index (χ0n) is 13.8. The molecule has 0 aromatic heterocycles. The largest absolute Gasteiger partial charge is 0.491 e. The van der Waals surface area contributed by atoms with E-state index in [0.717, 1.165) is 22.4 Å². The Morgan fingerprint density at radius 3 is 2.67 bits per heavy atom. The van der Waals surface area contributed by atoms with E-state index in [1.807, 2.05) is 25.1 Å². The van der Waals surface area contributed by atoms with Gasteiger partial charge in [-0.3, -0.25) is 4.79 Å². The average molecular weight is 329 g/mol. The van der Waals surface area contributed by atoms with Crippen LogP contribution in [0.4, 0.5) is 4.39 Å². The molecule has 0 saturated heterocycles. The molecule has 2 aromatic rings. The fourth-order valence-electron chi connectivity index (χ4n) is 2.85. The van der Waals surface area contributed by atoms with Crippen LogP contribution in [0.3, 0.4) is 0 Å². The maximum Gasteiger partial charge on any atom is 0.249 e. The summed E-state index contributed by atoms with van der Waals surface area (Å²) in [5.74, 6) is 0.455. The summed E-state index contributed by atoms with van der Waals surface area (Å²) in [6, 6.07) is 12.2. The van der Waals surface area contributed by atoms with Crippen LogP contribution in [-0.2, 0) is 16.1 Å². The number of fused-ring (bicyclic) bond motifs is 1. The average Bonchev–Trinajstić information content (AvgIpc) is 2.74. The number of carbonyl (C=O) groups excluding carboxylic acids is 1. The molecule has 1 aliphatic heterocycles. The van der Waals surface area contributed by atoms with Crippen molar-refractivity contribution < 1.29 is 18.7 Å².